The lowest BCUT2D eigenvalue weighted by atomic mass is 9.77. The number of rotatable bonds is 8. The van der Waals surface area contributed by atoms with Gasteiger partial charge in [-0.05, 0) is 68.2 Å². The molecule has 4 heteroatoms. The predicted octanol–water partition coefficient (Wildman–Crippen LogP) is 4.80. The van der Waals surface area contributed by atoms with E-state index in [1.54, 1.807) is 12.1 Å². The first-order chi connectivity index (χ1) is 15.2. The first-order valence-corrected chi connectivity index (χ1v) is 10.9. The molecule has 0 unspecified atom stereocenters. The Bertz CT molecular complexity index is 1310. The van der Waals surface area contributed by atoms with Gasteiger partial charge >= 0.3 is 7.12 Å². The molecule has 0 aromatic heterocycles. The van der Waals surface area contributed by atoms with Gasteiger partial charge < -0.3 is 14.8 Å². The zero-order valence-corrected chi connectivity index (χ0v) is 17.4. The van der Waals surface area contributed by atoms with Gasteiger partial charge in [-0.3, -0.25) is 0 Å². The Balaban J connectivity index is 1.25. The van der Waals surface area contributed by atoms with Crippen molar-refractivity contribution in [3.8, 4) is 0 Å². The molecule has 154 valence electrons. The van der Waals surface area contributed by atoms with E-state index in [0.717, 1.165) is 24.8 Å². The molecule has 0 amide bonds. The molecule has 0 bridgehead atoms. The smallest absolute Gasteiger partial charge is 0.423 e. The van der Waals surface area contributed by atoms with E-state index in [-0.39, 0.29) is 0 Å². The summed E-state index contributed by atoms with van der Waals surface area (Å²) < 4.78 is 5.81. The number of hydrogen-bond acceptors (Lipinski definition) is 3. The second kappa shape index (κ2) is 8.68. The summed E-state index contributed by atoms with van der Waals surface area (Å²) in [5.74, 6) is 0. The van der Waals surface area contributed by atoms with Crippen molar-refractivity contribution in [1.29, 1.82) is 0 Å². The van der Waals surface area contributed by atoms with Gasteiger partial charge in [0.05, 0.1) is 6.61 Å². The normalized spacial score (nSPS) is 11.7. The third-order valence-electron chi connectivity index (χ3n) is 6.19. The second-order valence-corrected chi connectivity index (χ2v) is 8.16. The van der Waals surface area contributed by atoms with E-state index in [2.05, 4.69) is 54.6 Å². The number of unbranched alkanes of at least 4 members (excludes halogenated alkanes) is 1. The molecule has 0 fully saturated rings. The van der Waals surface area contributed by atoms with E-state index in [1.165, 1.54) is 37.9 Å². The topological polar surface area (TPSA) is 49.7 Å². The maximum absolute atomic E-state index is 9.46. The van der Waals surface area contributed by atoms with E-state index < -0.39 is 7.12 Å². The van der Waals surface area contributed by atoms with Crippen molar-refractivity contribution in [3.63, 3.8) is 0 Å². The number of hydrogen-bond donors (Lipinski definition) is 2. The second-order valence-electron chi connectivity index (χ2n) is 8.16. The van der Waals surface area contributed by atoms with Gasteiger partial charge in [0.15, 0.2) is 0 Å². The first kappa shape index (κ1) is 20.0. The van der Waals surface area contributed by atoms with Crippen molar-refractivity contribution in [3.05, 3.63) is 90.0 Å². The number of ether oxygens (including phenoxy) is 1. The zero-order valence-electron chi connectivity index (χ0n) is 17.4. The van der Waals surface area contributed by atoms with Crippen molar-refractivity contribution >= 4 is 44.9 Å². The fourth-order valence-corrected chi connectivity index (χ4v) is 4.63. The molecular weight excluding hydrogens is 383 g/mol. The predicted molar refractivity (Wildman–Crippen MR) is 129 cm³/mol. The summed E-state index contributed by atoms with van der Waals surface area (Å²) in [4.78, 5) is 0. The molecule has 3 nitrogen and oxygen atoms in total. The summed E-state index contributed by atoms with van der Waals surface area (Å²) in [5.41, 5.74) is 2.72. The highest BCUT2D eigenvalue weighted by Crippen LogP contribution is 2.36. The summed E-state index contributed by atoms with van der Waals surface area (Å²) in [6.45, 7) is 1.05. The first-order valence-electron chi connectivity index (χ1n) is 10.9. The van der Waals surface area contributed by atoms with Crippen molar-refractivity contribution < 1.29 is 14.8 Å². The molecule has 0 heterocycles. The van der Waals surface area contributed by atoms with Crippen molar-refractivity contribution in [1.82, 2.24) is 0 Å². The van der Waals surface area contributed by atoms with E-state index in [1.807, 2.05) is 12.1 Å². The Kier molecular flexibility index (Phi) is 5.60. The van der Waals surface area contributed by atoms with E-state index >= 15 is 0 Å². The average molecular weight is 408 g/mol. The number of benzene rings is 5. The zero-order chi connectivity index (χ0) is 21.2. The van der Waals surface area contributed by atoms with Gasteiger partial charge in [0.2, 0.25) is 0 Å². The van der Waals surface area contributed by atoms with Crippen LogP contribution in [0.15, 0.2) is 78.9 Å². The van der Waals surface area contributed by atoms with Crippen LogP contribution in [0.3, 0.4) is 0 Å². The van der Waals surface area contributed by atoms with Crippen LogP contribution in [0.1, 0.15) is 24.0 Å². The van der Waals surface area contributed by atoms with E-state index in [0.29, 0.717) is 18.7 Å². The van der Waals surface area contributed by atoms with Gasteiger partial charge in [-0.1, -0.05) is 78.9 Å². The van der Waals surface area contributed by atoms with Gasteiger partial charge in [-0.2, -0.15) is 0 Å². The third-order valence-corrected chi connectivity index (χ3v) is 6.19. The molecule has 0 aliphatic heterocycles. The lowest BCUT2D eigenvalue weighted by molar-refractivity contribution is 0.117. The molecule has 0 saturated heterocycles. The quantitative estimate of drug-likeness (QED) is 0.220. The van der Waals surface area contributed by atoms with Crippen LogP contribution in [0.25, 0.3) is 32.3 Å². The van der Waals surface area contributed by atoms with Crippen LogP contribution in [-0.2, 0) is 17.8 Å². The highest BCUT2D eigenvalue weighted by atomic mass is 16.5. The third kappa shape index (κ3) is 3.90. The summed E-state index contributed by atoms with van der Waals surface area (Å²) in [7, 11) is -1.46. The fraction of sp³-hybridized carbons (Fsp3) is 0.185. The van der Waals surface area contributed by atoms with Gasteiger partial charge in [0.1, 0.15) is 0 Å². The van der Waals surface area contributed by atoms with E-state index in [9.17, 15) is 10.0 Å². The molecule has 0 radical (unpaired) electrons. The Morgan fingerprint density at radius 3 is 2.16 bits per heavy atom. The molecule has 31 heavy (non-hydrogen) atoms. The number of aryl methyl sites for hydroxylation is 1. The monoisotopic (exact) mass is 408 g/mol. The molecule has 2 N–H and O–H groups in total. The summed E-state index contributed by atoms with van der Waals surface area (Å²) in [6.07, 6.45) is 3.03. The van der Waals surface area contributed by atoms with Gasteiger partial charge in [0.25, 0.3) is 0 Å². The molecule has 0 saturated carbocycles. The van der Waals surface area contributed by atoms with Crippen LogP contribution in [0.2, 0.25) is 0 Å². The van der Waals surface area contributed by atoms with E-state index in [4.69, 9.17) is 4.74 Å². The molecule has 5 rings (SSSR count). The minimum absolute atomic E-state index is 0.395. The summed E-state index contributed by atoms with van der Waals surface area (Å²) >= 11 is 0. The summed E-state index contributed by atoms with van der Waals surface area (Å²) in [5, 5.41) is 26.9. The Morgan fingerprint density at radius 1 is 0.645 bits per heavy atom. The molecule has 0 aliphatic carbocycles. The van der Waals surface area contributed by atoms with Gasteiger partial charge in [0, 0.05) is 6.61 Å². The molecular formula is C27H25BO3. The summed E-state index contributed by atoms with van der Waals surface area (Å²) in [6, 6.07) is 27.3. The highest BCUT2D eigenvalue weighted by Gasteiger charge is 2.15. The van der Waals surface area contributed by atoms with Crippen LogP contribution in [0, 0.1) is 0 Å². The minimum Gasteiger partial charge on any atom is -0.423 e. The molecule has 0 atom stereocenters. The van der Waals surface area contributed by atoms with Crippen molar-refractivity contribution in [2.24, 2.45) is 0 Å². The van der Waals surface area contributed by atoms with Gasteiger partial charge in [-0.15, -0.1) is 0 Å². The standard InChI is InChI=1S/C27H25BO3/c29-28(30)25-10-2-1-7-23(25)18-31-17-4-3-6-19-11-12-22-14-13-20-8-5-9-21-15-16-24(19)27(22)26(20)21/h1-2,5,7-16,29-30H,3-4,6,17-18H2. The van der Waals surface area contributed by atoms with Crippen molar-refractivity contribution in [2.45, 2.75) is 25.9 Å². The Labute approximate surface area is 182 Å². The molecule has 5 aromatic rings. The molecule has 5 aromatic carbocycles. The van der Waals surface area contributed by atoms with Crippen molar-refractivity contribution in [2.75, 3.05) is 6.61 Å². The van der Waals surface area contributed by atoms with Crippen LogP contribution >= 0.6 is 0 Å². The largest absolute Gasteiger partial charge is 0.488 e. The maximum atomic E-state index is 9.46. The van der Waals surface area contributed by atoms with Gasteiger partial charge in [-0.25, -0.2) is 0 Å². The molecule has 0 aliphatic rings. The average Bonchev–Trinajstić information content (AvgIpc) is 2.80. The van der Waals surface area contributed by atoms with Crippen LogP contribution < -0.4 is 5.46 Å². The lowest BCUT2D eigenvalue weighted by Crippen LogP contribution is -2.33. The fourth-order valence-electron chi connectivity index (χ4n) is 4.63. The Morgan fingerprint density at radius 2 is 1.35 bits per heavy atom. The molecule has 0 spiro atoms. The SMILES string of the molecule is OB(O)c1ccccc1COCCCCc1ccc2ccc3cccc4ccc1c2c34. The van der Waals surface area contributed by atoms with Crippen LogP contribution in [0.5, 0.6) is 0 Å². The lowest BCUT2D eigenvalue weighted by Gasteiger charge is -2.14. The Hall–Kier alpha value is -2.92. The highest BCUT2D eigenvalue weighted by molar-refractivity contribution is 6.59. The van der Waals surface area contributed by atoms with Crippen LogP contribution in [0.4, 0.5) is 0 Å². The maximum Gasteiger partial charge on any atom is 0.488 e. The van der Waals surface area contributed by atoms with Crippen LogP contribution in [-0.4, -0.2) is 23.8 Å². The minimum atomic E-state index is -1.46.